The molecular formula is C20H16N2O2. The second-order valence-corrected chi connectivity index (χ2v) is 5.61. The number of nitrogens with one attached hydrogen (secondary N) is 1. The van der Waals surface area contributed by atoms with E-state index < -0.39 is 0 Å². The van der Waals surface area contributed by atoms with Crippen molar-refractivity contribution in [2.75, 3.05) is 0 Å². The van der Waals surface area contributed by atoms with Crippen molar-refractivity contribution in [3.05, 3.63) is 72.4 Å². The molecule has 0 unspecified atom stereocenters. The fraction of sp³-hybridized carbons (Fsp3) is 0.0500. The minimum absolute atomic E-state index is 0.194. The van der Waals surface area contributed by atoms with E-state index in [1.54, 1.807) is 12.1 Å². The second-order valence-electron chi connectivity index (χ2n) is 5.61. The Balaban J connectivity index is 1.72. The number of aryl methyl sites for hydroxylation is 1. The predicted molar refractivity (Wildman–Crippen MR) is 93.6 cm³/mol. The molecule has 0 bridgehead atoms. The Labute approximate surface area is 139 Å². The number of imidazole rings is 1. The normalized spacial score (nSPS) is 10.9. The van der Waals surface area contributed by atoms with Crippen LogP contribution in [0, 0.1) is 6.92 Å². The van der Waals surface area contributed by atoms with Crippen LogP contribution < -0.4 is 0 Å². The van der Waals surface area contributed by atoms with Crippen molar-refractivity contribution < 1.29 is 9.52 Å². The van der Waals surface area contributed by atoms with Crippen molar-refractivity contribution in [2.45, 2.75) is 6.92 Å². The van der Waals surface area contributed by atoms with Gasteiger partial charge < -0.3 is 14.5 Å². The highest BCUT2D eigenvalue weighted by molar-refractivity contribution is 5.69. The van der Waals surface area contributed by atoms with E-state index in [1.807, 2.05) is 61.5 Å². The van der Waals surface area contributed by atoms with Crippen LogP contribution in [0.5, 0.6) is 5.75 Å². The number of benzene rings is 2. The Morgan fingerprint density at radius 1 is 0.875 bits per heavy atom. The first-order valence-corrected chi connectivity index (χ1v) is 7.73. The molecule has 2 N–H and O–H groups in total. The summed E-state index contributed by atoms with van der Waals surface area (Å²) in [5.74, 6) is 2.11. The minimum atomic E-state index is 0.194. The third kappa shape index (κ3) is 2.48. The van der Waals surface area contributed by atoms with Gasteiger partial charge in [-0.2, -0.15) is 0 Å². The number of phenols is 1. The number of nitrogens with zero attached hydrogens (tertiary/aromatic N) is 1. The number of rotatable bonds is 3. The Bertz CT molecular complexity index is 984. The van der Waals surface area contributed by atoms with Gasteiger partial charge in [-0.25, -0.2) is 4.98 Å². The molecule has 0 radical (unpaired) electrons. The standard InChI is InChI=1S/C20H16N2O2/c1-13-19(14-7-3-2-4-8-14)22-20(21-13)18-12-11-17(24-18)15-9-5-6-10-16(15)23/h2-12,23H,1H3,(H,21,22). The van der Waals surface area contributed by atoms with Crippen molar-refractivity contribution in [3.8, 4) is 39.9 Å². The third-order valence-electron chi connectivity index (χ3n) is 3.94. The average Bonchev–Trinajstić information content (AvgIpc) is 3.23. The van der Waals surface area contributed by atoms with E-state index in [9.17, 15) is 5.11 Å². The average molecular weight is 316 g/mol. The molecule has 0 aliphatic carbocycles. The number of hydrogen-bond donors (Lipinski definition) is 2. The molecule has 4 nitrogen and oxygen atoms in total. The van der Waals surface area contributed by atoms with E-state index in [2.05, 4.69) is 9.97 Å². The number of H-pyrrole nitrogens is 1. The lowest BCUT2D eigenvalue weighted by molar-refractivity contribution is 0.474. The first-order valence-electron chi connectivity index (χ1n) is 7.73. The predicted octanol–water partition coefficient (Wildman–Crippen LogP) is 5.02. The molecular weight excluding hydrogens is 300 g/mol. The molecule has 0 aliphatic rings. The Morgan fingerprint density at radius 3 is 2.38 bits per heavy atom. The van der Waals surface area contributed by atoms with E-state index >= 15 is 0 Å². The lowest BCUT2D eigenvalue weighted by Gasteiger charge is -1.99. The highest BCUT2D eigenvalue weighted by atomic mass is 16.3. The van der Waals surface area contributed by atoms with Crippen LogP contribution in [-0.4, -0.2) is 15.1 Å². The first kappa shape index (κ1) is 14.3. The molecule has 0 saturated carbocycles. The Hall–Kier alpha value is -3.27. The second kappa shape index (κ2) is 5.74. The summed E-state index contributed by atoms with van der Waals surface area (Å²) in [5, 5.41) is 9.96. The summed E-state index contributed by atoms with van der Waals surface area (Å²) in [4.78, 5) is 7.94. The number of phenolic OH excluding ortho intramolecular Hbond substituents is 1. The van der Waals surface area contributed by atoms with Gasteiger partial charge in [0.05, 0.1) is 11.3 Å². The zero-order valence-corrected chi connectivity index (χ0v) is 13.2. The SMILES string of the molecule is Cc1[nH]c(-c2ccc(-c3ccccc3O)o2)nc1-c1ccccc1. The number of aromatic hydroxyl groups is 1. The minimum Gasteiger partial charge on any atom is -0.507 e. The molecule has 0 saturated heterocycles. The van der Waals surface area contributed by atoms with Gasteiger partial charge in [0.15, 0.2) is 11.6 Å². The number of para-hydroxylation sites is 1. The summed E-state index contributed by atoms with van der Waals surface area (Å²) in [7, 11) is 0. The molecule has 4 heteroatoms. The largest absolute Gasteiger partial charge is 0.507 e. The Morgan fingerprint density at radius 2 is 1.58 bits per heavy atom. The van der Waals surface area contributed by atoms with Crippen LogP contribution >= 0.6 is 0 Å². The lowest BCUT2D eigenvalue weighted by Crippen LogP contribution is -1.79. The van der Waals surface area contributed by atoms with E-state index in [0.29, 0.717) is 22.9 Å². The molecule has 2 aromatic carbocycles. The Kier molecular flexibility index (Phi) is 3.43. The van der Waals surface area contributed by atoms with Crippen molar-refractivity contribution >= 4 is 0 Å². The number of aromatic nitrogens is 2. The summed E-state index contributed by atoms with van der Waals surface area (Å²) in [6.45, 7) is 1.99. The molecule has 24 heavy (non-hydrogen) atoms. The zero-order chi connectivity index (χ0) is 16.5. The summed E-state index contributed by atoms with van der Waals surface area (Å²) in [6, 6.07) is 20.8. The van der Waals surface area contributed by atoms with Gasteiger partial charge in [0.2, 0.25) is 0 Å². The summed E-state index contributed by atoms with van der Waals surface area (Å²) < 4.78 is 5.89. The summed E-state index contributed by atoms with van der Waals surface area (Å²) in [6.07, 6.45) is 0. The van der Waals surface area contributed by atoms with Gasteiger partial charge >= 0.3 is 0 Å². The van der Waals surface area contributed by atoms with E-state index in [0.717, 1.165) is 17.0 Å². The summed E-state index contributed by atoms with van der Waals surface area (Å²) in [5.41, 5.74) is 3.61. The van der Waals surface area contributed by atoms with Crippen molar-refractivity contribution in [1.82, 2.24) is 9.97 Å². The van der Waals surface area contributed by atoms with Crippen LogP contribution in [0.4, 0.5) is 0 Å². The molecule has 0 spiro atoms. The lowest BCUT2D eigenvalue weighted by atomic mass is 10.1. The van der Waals surface area contributed by atoms with Crippen LogP contribution in [0.2, 0.25) is 0 Å². The van der Waals surface area contributed by atoms with Crippen molar-refractivity contribution in [1.29, 1.82) is 0 Å². The van der Waals surface area contributed by atoms with Crippen LogP contribution in [0.15, 0.2) is 71.1 Å². The van der Waals surface area contributed by atoms with E-state index in [1.165, 1.54) is 0 Å². The van der Waals surface area contributed by atoms with Gasteiger partial charge in [0.1, 0.15) is 11.5 Å². The molecule has 2 heterocycles. The van der Waals surface area contributed by atoms with Gasteiger partial charge in [-0.05, 0) is 31.2 Å². The maximum absolute atomic E-state index is 9.96. The zero-order valence-electron chi connectivity index (χ0n) is 13.2. The molecule has 0 atom stereocenters. The fourth-order valence-electron chi connectivity index (χ4n) is 2.75. The molecule has 118 valence electrons. The summed E-state index contributed by atoms with van der Waals surface area (Å²) >= 11 is 0. The van der Waals surface area contributed by atoms with Gasteiger partial charge in [0, 0.05) is 11.3 Å². The smallest absolute Gasteiger partial charge is 0.174 e. The molecule has 4 rings (SSSR count). The van der Waals surface area contributed by atoms with Gasteiger partial charge in [-0.1, -0.05) is 42.5 Å². The van der Waals surface area contributed by atoms with Crippen molar-refractivity contribution in [3.63, 3.8) is 0 Å². The van der Waals surface area contributed by atoms with E-state index in [4.69, 9.17) is 4.42 Å². The molecule has 0 amide bonds. The topological polar surface area (TPSA) is 62.0 Å². The van der Waals surface area contributed by atoms with E-state index in [-0.39, 0.29) is 5.75 Å². The van der Waals surface area contributed by atoms with Crippen LogP contribution in [0.25, 0.3) is 34.2 Å². The van der Waals surface area contributed by atoms with Gasteiger partial charge in [-0.3, -0.25) is 0 Å². The number of hydrogen-bond acceptors (Lipinski definition) is 3. The third-order valence-corrected chi connectivity index (χ3v) is 3.94. The molecule has 2 aromatic heterocycles. The highest BCUT2D eigenvalue weighted by Gasteiger charge is 2.15. The van der Waals surface area contributed by atoms with Crippen molar-refractivity contribution in [2.24, 2.45) is 0 Å². The maximum atomic E-state index is 9.96. The number of furan rings is 1. The van der Waals surface area contributed by atoms with Crippen LogP contribution in [0.1, 0.15) is 5.69 Å². The quantitative estimate of drug-likeness (QED) is 0.558. The monoisotopic (exact) mass is 316 g/mol. The molecule has 4 aromatic rings. The maximum Gasteiger partial charge on any atom is 0.174 e. The van der Waals surface area contributed by atoms with Crippen LogP contribution in [-0.2, 0) is 0 Å². The fourth-order valence-corrected chi connectivity index (χ4v) is 2.75. The first-order chi connectivity index (χ1) is 11.7. The van der Waals surface area contributed by atoms with Gasteiger partial charge in [-0.15, -0.1) is 0 Å². The number of aromatic amines is 1. The molecule has 0 aliphatic heterocycles. The van der Waals surface area contributed by atoms with Gasteiger partial charge in [0.25, 0.3) is 0 Å². The van der Waals surface area contributed by atoms with Crippen LogP contribution in [0.3, 0.4) is 0 Å². The molecule has 0 fully saturated rings. The highest BCUT2D eigenvalue weighted by Crippen LogP contribution is 2.33.